The Morgan fingerprint density at radius 3 is 2.71 bits per heavy atom. The average Bonchev–Trinajstić information content (AvgIpc) is 3.28. The second-order valence-corrected chi connectivity index (χ2v) is 8.25. The summed E-state index contributed by atoms with van der Waals surface area (Å²) in [6.07, 6.45) is 5.27. The summed E-state index contributed by atoms with van der Waals surface area (Å²) in [4.78, 5) is 29.3. The first-order valence-electron chi connectivity index (χ1n) is 10.7. The fraction of sp³-hybridized carbons (Fsp3) is 0.0769. The lowest BCUT2D eigenvalue weighted by Gasteiger charge is -2.09. The van der Waals surface area contributed by atoms with Crippen LogP contribution in [-0.2, 0) is 6.54 Å². The van der Waals surface area contributed by atoms with Gasteiger partial charge in [-0.05, 0) is 78.7 Å². The number of carbonyl (C=O) groups excluding carboxylic acids is 1. The molecule has 0 saturated carbocycles. The number of anilines is 2. The Balaban J connectivity index is 1.38. The topological polar surface area (TPSA) is 95.6 Å². The van der Waals surface area contributed by atoms with Gasteiger partial charge in [0.25, 0.3) is 5.91 Å². The number of nitrogens with zero attached hydrogens (tertiary/aromatic N) is 3. The molecule has 168 valence electrons. The minimum absolute atomic E-state index is 0.200. The highest BCUT2D eigenvalue weighted by atomic mass is 35.5. The molecule has 0 fully saturated rings. The van der Waals surface area contributed by atoms with Gasteiger partial charge in [-0.2, -0.15) is 0 Å². The number of hydrogen-bond donors (Lipinski definition) is 3. The van der Waals surface area contributed by atoms with Crippen LogP contribution >= 0.6 is 11.6 Å². The molecule has 5 rings (SSSR count). The van der Waals surface area contributed by atoms with E-state index in [2.05, 4.69) is 25.6 Å². The Morgan fingerprint density at radius 1 is 1.03 bits per heavy atom. The number of aromatic amines is 1. The minimum Gasteiger partial charge on any atom is -0.365 e. The number of aromatic nitrogens is 4. The molecule has 0 bridgehead atoms. The van der Waals surface area contributed by atoms with Gasteiger partial charge >= 0.3 is 0 Å². The zero-order valence-electron chi connectivity index (χ0n) is 18.3. The van der Waals surface area contributed by atoms with Gasteiger partial charge in [0.15, 0.2) is 0 Å². The van der Waals surface area contributed by atoms with Crippen molar-refractivity contribution < 1.29 is 4.79 Å². The van der Waals surface area contributed by atoms with Gasteiger partial charge in [0.1, 0.15) is 11.6 Å². The molecule has 0 spiro atoms. The predicted octanol–water partition coefficient (Wildman–Crippen LogP) is 5.85. The van der Waals surface area contributed by atoms with E-state index in [0.717, 1.165) is 33.5 Å². The molecule has 0 aliphatic heterocycles. The summed E-state index contributed by atoms with van der Waals surface area (Å²) in [6.45, 7) is 2.49. The maximum Gasteiger partial charge on any atom is 0.255 e. The van der Waals surface area contributed by atoms with Crippen LogP contribution in [0.15, 0.2) is 79.3 Å². The first-order valence-corrected chi connectivity index (χ1v) is 11.1. The normalized spacial score (nSPS) is 10.9. The lowest BCUT2D eigenvalue weighted by molar-refractivity contribution is 0.102. The highest BCUT2D eigenvalue weighted by Gasteiger charge is 2.13. The van der Waals surface area contributed by atoms with Crippen LogP contribution < -0.4 is 10.6 Å². The van der Waals surface area contributed by atoms with Crippen molar-refractivity contribution in [2.45, 2.75) is 13.5 Å². The third-order valence-corrected chi connectivity index (χ3v) is 5.86. The number of fused-ring (bicyclic) bond motifs is 1. The molecule has 7 nitrogen and oxygen atoms in total. The molecule has 8 heteroatoms. The van der Waals surface area contributed by atoms with E-state index in [0.29, 0.717) is 28.6 Å². The Morgan fingerprint density at radius 2 is 1.88 bits per heavy atom. The second kappa shape index (κ2) is 9.33. The highest BCUT2D eigenvalue weighted by molar-refractivity contribution is 6.31. The smallest absolute Gasteiger partial charge is 0.255 e. The van der Waals surface area contributed by atoms with E-state index in [1.807, 2.05) is 49.4 Å². The molecule has 5 aromatic rings. The monoisotopic (exact) mass is 468 g/mol. The predicted molar refractivity (Wildman–Crippen MR) is 135 cm³/mol. The lowest BCUT2D eigenvalue weighted by Crippen LogP contribution is -2.11. The average molecular weight is 469 g/mol. The van der Waals surface area contributed by atoms with E-state index in [9.17, 15) is 4.79 Å². The van der Waals surface area contributed by atoms with Gasteiger partial charge in [-0.25, -0.2) is 9.97 Å². The number of amides is 1. The van der Waals surface area contributed by atoms with E-state index < -0.39 is 0 Å². The fourth-order valence-electron chi connectivity index (χ4n) is 3.63. The van der Waals surface area contributed by atoms with Crippen LogP contribution in [0.25, 0.3) is 22.4 Å². The van der Waals surface area contributed by atoms with Crippen molar-refractivity contribution >= 4 is 40.0 Å². The molecule has 3 heterocycles. The number of imidazole rings is 1. The molecule has 0 atom stereocenters. The van der Waals surface area contributed by atoms with Crippen LogP contribution in [-0.4, -0.2) is 25.8 Å². The van der Waals surface area contributed by atoms with Crippen molar-refractivity contribution in [2.24, 2.45) is 0 Å². The molecule has 3 N–H and O–H groups in total. The highest BCUT2D eigenvalue weighted by Crippen LogP contribution is 2.27. The maximum absolute atomic E-state index is 12.7. The molecule has 34 heavy (non-hydrogen) atoms. The van der Waals surface area contributed by atoms with Crippen molar-refractivity contribution in [3.63, 3.8) is 0 Å². The molecule has 0 radical (unpaired) electrons. The van der Waals surface area contributed by atoms with E-state index >= 15 is 0 Å². The van der Waals surface area contributed by atoms with Gasteiger partial charge in [-0.1, -0.05) is 11.6 Å². The Hall–Kier alpha value is -4.23. The number of H-pyrrole nitrogens is 1. The quantitative estimate of drug-likeness (QED) is 0.290. The standard InChI is InChI=1S/C26H21ClN6O/c1-16-13-18(4-6-21(16)27)26(34)31-19-5-7-22-23(14-19)33-25(32-22)20-3-2-10-29-24(20)30-15-17-8-11-28-12-9-17/h2-14H,15H2,1H3,(H,29,30)(H,31,34)(H,32,33). The number of rotatable bonds is 6. The van der Waals surface area contributed by atoms with E-state index in [4.69, 9.17) is 16.6 Å². The summed E-state index contributed by atoms with van der Waals surface area (Å²) >= 11 is 6.07. The zero-order chi connectivity index (χ0) is 23.5. The molecular formula is C26H21ClN6O. The number of halogens is 1. The largest absolute Gasteiger partial charge is 0.365 e. The SMILES string of the molecule is Cc1cc(C(=O)Nc2ccc3nc(-c4cccnc4NCc4ccncc4)[nH]c3c2)ccc1Cl. The minimum atomic E-state index is -0.200. The summed E-state index contributed by atoms with van der Waals surface area (Å²) in [6, 6.07) is 18.5. The third-order valence-electron chi connectivity index (χ3n) is 5.43. The summed E-state index contributed by atoms with van der Waals surface area (Å²) < 4.78 is 0. The molecule has 0 saturated heterocycles. The van der Waals surface area contributed by atoms with Gasteiger partial charge in [0, 0.05) is 41.4 Å². The van der Waals surface area contributed by atoms with Gasteiger partial charge in [0.05, 0.1) is 16.6 Å². The molecule has 0 aliphatic carbocycles. The summed E-state index contributed by atoms with van der Waals surface area (Å²) in [7, 11) is 0. The summed E-state index contributed by atoms with van der Waals surface area (Å²) in [5.74, 6) is 1.22. The molecular weight excluding hydrogens is 448 g/mol. The van der Waals surface area contributed by atoms with Crippen LogP contribution in [0.5, 0.6) is 0 Å². The van der Waals surface area contributed by atoms with Crippen LogP contribution in [0.3, 0.4) is 0 Å². The van der Waals surface area contributed by atoms with Crippen molar-refractivity contribution in [3.05, 3.63) is 101 Å². The molecule has 2 aromatic carbocycles. The van der Waals surface area contributed by atoms with Gasteiger partial charge in [-0.3, -0.25) is 9.78 Å². The summed E-state index contributed by atoms with van der Waals surface area (Å²) in [5, 5.41) is 6.94. The molecule has 0 aliphatic rings. The fourth-order valence-corrected chi connectivity index (χ4v) is 3.75. The molecule has 1 amide bonds. The summed E-state index contributed by atoms with van der Waals surface area (Å²) in [5.41, 5.74) is 5.63. The number of hydrogen-bond acceptors (Lipinski definition) is 5. The number of nitrogens with one attached hydrogen (secondary N) is 3. The second-order valence-electron chi connectivity index (χ2n) is 7.84. The Labute approximate surface area is 201 Å². The number of benzene rings is 2. The maximum atomic E-state index is 12.7. The van der Waals surface area contributed by atoms with Crippen molar-refractivity contribution in [1.29, 1.82) is 0 Å². The molecule has 3 aromatic heterocycles. The lowest BCUT2D eigenvalue weighted by atomic mass is 10.1. The number of aryl methyl sites for hydroxylation is 1. The molecule has 0 unspecified atom stereocenters. The third kappa shape index (κ3) is 4.60. The number of pyridine rings is 2. The van der Waals surface area contributed by atoms with Crippen LogP contribution in [0.4, 0.5) is 11.5 Å². The van der Waals surface area contributed by atoms with Crippen molar-refractivity contribution in [3.8, 4) is 11.4 Å². The van der Waals surface area contributed by atoms with Crippen LogP contribution in [0.1, 0.15) is 21.5 Å². The first-order chi connectivity index (χ1) is 16.6. The van der Waals surface area contributed by atoms with Crippen molar-refractivity contribution in [2.75, 3.05) is 10.6 Å². The first kappa shape index (κ1) is 21.6. The zero-order valence-corrected chi connectivity index (χ0v) is 19.1. The van der Waals surface area contributed by atoms with E-state index in [1.54, 1.807) is 36.8 Å². The van der Waals surface area contributed by atoms with E-state index in [-0.39, 0.29) is 5.91 Å². The Kier molecular flexibility index (Phi) is 5.93. The van der Waals surface area contributed by atoms with Gasteiger partial charge in [0.2, 0.25) is 0 Å². The van der Waals surface area contributed by atoms with Gasteiger partial charge < -0.3 is 15.6 Å². The van der Waals surface area contributed by atoms with Crippen molar-refractivity contribution in [1.82, 2.24) is 19.9 Å². The van der Waals surface area contributed by atoms with E-state index in [1.165, 1.54) is 0 Å². The van der Waals surface area contributed by atoms with Crippen LogP contribution in [0.2, 0.25) is 5.02 Å². The Bertz CT molecular complexity index is 1480. The number of carbonyl (C=O) groups is 1. The van der Waals surface area contributed by atoms with Gasteiger partial charge in [-0.15, -0.1) is 0 Å². The van der Waals surface area contributed by atoms with Crippen LogP contribution in [0, 0.1) is 6.92 Å².